The predicted molar refractivity (Wildman–Crippen MR) is 205 cm³/mol. The molecule has 2 aromatic heterocycles. The van der Waals surface area contributed by atoms with E-state index >= 15 is 0 Å². The maximum atomic E-state index is 9.80. The summed E-state index contributed by atoms with van der Waals surface area (Å²) in [5.74, 6) is 2.05. The number of hydrogen-bond donors (Lipinski definition) is 1. The van der Waals surface area contributed by atoms with Gasteiger partial charge in [-0.25, -0.2) is 0 Å². The first-order chi connectivity index (χ1) is 25.3. The summed E-state index contributed by atoms with van der Waals surface area (Å²) in [5.41, 5.74) is 9.52. The molecule has 9 nitrogen and oxygen atoms in total. The molecule has 0 saturated carbocycles. The number of pyridine rings is 1. The first kappa shape index (κ1) is 37.3. The molecule has 1 aliphatic rings. The average Bonchev–Trinajstić information content (AvgIpc) is 3.82. The monoisotopic (exact) mass is 737 g/mol. The molecule has 5 aromatic rings. The van der Waals surface area contributed by atoms with Gasteiger partial charge in [0.25, 0.3) is 0 Å². The fraction of sp³-hybridized carbons (Fsp3) is 0.341. The highest BCUT2D eigenvalue weighted by Gasteiger charge is 2.20. The highest BCUT2D eigenvalue weighted by atomic mass is 35.5. The van der Waals surface area contributed by atoms with E-state index in [1.54, 1.807) is 23.6 Å². The van der Waals surface area contributed by atoms with Crippen LogP contribution in [-0.2, 0) is 26.3 Å². The molecule has 0 aliphatic carbocycles. The molecule has 1 fully saturated rings. The standard InChI is InChI=1S/C41H44ClN5O4S/c1-28-32(7-4-8-36(28)37-9-5-10-39(29(37)2)49-14-6-12-47-13-11-34(48)23-47)26-51-41-17-40(50-25-31-15-30(18-43)19-44-20-31)33(16-38(41)42)22-46(3)24-35-21-45-27-52-35/h4-5,7-10,15-17,19-21,27,34,48H,6,11-14,22-26H2,1-3H3. The van der Waals surface area contributed by atoms with Gasteiger partial charge in [-0.2, -0.15) is 5.26 Å². The van der Waals surface area contributed by atoms with Crippen LogP contribution in [-0.4, -0.2) is 64.3 Å². The normalized spacial score (nSPS) is 14.4. The Balaban J connectivity index is 1.16. The Hall–Kier alpha value is -4.50. The number of likely N-dealkylation sites (tertiary alicyclic amines) is 1. The Morgan fingerprint density at radius 1 is 0.923 bits per heavy atom. The third-order valence-corrected chi connectivity index (χ3v) is 10.4. The predicted octanol–water partition coefficient (Wildman–Crippen LogP) is 7.97. The first-order valence-electron chi connectivity index (χ1n) is 17.5. The van der Waals surface area contributed by atoms with Crippen LogP contribution < -0.4 is 14.2 Å². The van der Waals surface area contributed by atoms with Gasteiger partial charge < -0.3 is 24.2 Å². The van der Waals surface area contributed by atoms with Gasteiger partial charge in [-0.1, -0.05) is 41.9 Å². The van der Waals surface area contributed by atoms with E-state index in [0.717, 1.165) is 88.6 Å². The van der Waals surface area contributed by atoms with E-state index in [9.17, 15) is 10.4 Å². The minimum Gasteiger partial charge on any atom is -0.493 e. The number of aliphatic hydroxyl groups is 1. The number of rotatable bonds is 16. The SMILES string of the molecule is Cc1c(COc2cc(OCc3cncc(C#N)c3)c(CN(C)Cc3cncs3)cc2Cl)cccc1-c1cccc(OCCCN2CCC(O)C2)c1C. The lowest BCUT2D eigenvalue weighted by molar-refractivity contribution is 0.173. The number of benzene rings is 3. The molecule has 0 spiro atoms. The van der Waals surface area contributed by atoms with Crippen molar-refractivity contribution in [1.82, 2.24) is 19.8 Å². The first-order valence-corrected chi connectivity index (χ1v) is 18.7. The van der Waals surface area contributed by atoms with Crippen molar-refractivity contribution < 1.29 is 19.3 Å². The van der Waals surface area contributed by atoms with Crippen molar-refractivity contribution in [1.29, 1.82) is 5.26 Å². The van der Waals surface area contributed by atoms with Crippen LogP contribution in [0.3, 0.4) is 0 Å². The van der Waals surface area contributed by atoms with E-state index in [-0.39, 0.29) is 12.7 Å². The average molecular weight is 738 g/mol. The Kier molecular flexibility index (Phi) is 12.8. The van der Waals surface area contributed by atoms with Crippen LogP contribution >= 0.6 is 22.9 Å². The Labute approximate surface area is 315 Å². The number of β-amino-alcohol motifs (C(OH)–C–C–N with tert-alkyl or cyclic N) is 1. The second kappa shape index (κ2) is 17.8. The largest absolute Gasteiger partial charge is 0.493 e. The summed E-state index contributed by atoms with van der Waals surface area (Å²) in [6.07, 6.45) is 6.68. The summed E-state index contributed by atoms with van der Waals surface area (Å²) in [7, 11) is 2.05. The minimum absolute atomic E-state index is 0.200. The zero-order valence-electron chi connectivity index (χ0n) is 29.8. The molecule has 11 heteroatoms. The maximum absolute atomic E-state index is 9.80. The summed E-state index contributed by atoms with van der Waals surface area (Å²) in [5, 5.41) is 19.6. The number of aromatic nitrogens is 2. The topological polar surface area (TPSA) is 104 Å². The molecule has 1 N–H and O–H groups in total. The van der Waals surface area contributed by atoms with Crippen LogP contribution in [0.2, 0.25) is 5.02 Å². The highest BCUT2D eigenvalue weighted by molar-refractivity contribution is 7.09. The van der Waals surface area contributed by atoms with E-state index in [0.29, 0.717) is 41.8 Å². The molecule has 3 aromatic carbocycles. The van der Waals surface area contributed by atoms with Crippen molar-refractivity contribution in [3.05, 3.63) is 122 Å². The summed E-state index contributed by atoms with van der Waals surface area (Å²) < 4.78 is 19.0. The Bertz CT molecular complexity index is 2000. The smallest absolute Gasteiger partial charge is 0.142 e. The minimum atomic E-state index is -0.200. The summed E-state index contributed by atoms with van der Waals surface area (Å²) >= 11 is 8.49. The second-order valence-electron chi connectivity index (χ2n) is 13.3. The lowest BCUT2D eigenvalue weighted by atomic mass is 9.93. The van der Waals surface area contributed by atoms with Gasteiger partial charge in [-0.05, 0) is 79.8 Å². The number of thiazole rings is 1. The van der Waals surface area contributed by atoms with Gasteiger partial charge in [-0.15, -0.1) is 11.3 Å². The molecule has 0 amide bonds. The van der Waals surface area contributed by atoms with Crippen molar-refractivity contribution >= 4 is 22.9 Å². The van der Waals surface area contributed by atoms with E-state index in [1.807, 2.05) is 43.0 Å². The van der Waals surface area contributed by atoms with Gasteiger partial charge in [0.15, 0.2) is 0 Å². The van der Waals surface area contributed by atoms with Crippen LogP contribution in [0.25, 0.3) is 11.1 Å². The maximum Gasteiger partial charge on any atom is 0.142 e. The highest BCUT2D eigenvalue weighted by Crippen LogP contribution is 2.37. The quantitative estimate of drug-likeness (QED) is 0.101. The molecule has 0 bridgehead atoms. The van der Waals surface area contributed by atoms with E-state index in [2.05, 4.69) is 63.9 Å². The van der Waals surface area contributed by atoms with Gasteiger partial charge in [0.05, 0.1) is 28.8 Å². The molecule has 1 saturated heterocycles. The third kappa shape index (κ3) is 9.68. The fourth-order valence-electron chi connectivity index (χ4n) is 6.50. The lowest BCUT2D eigenvalue weighted by Gasteiger charge is -2.21. The third-order valence-electron chi connectivity index (χ3n) is 9.31. The summed E-state index contributed by atoms with van der Waals surface area (Å²) in [4.78, 5) is 14.0. The van der Waals surface area contributed by atoms with E-state index in [4.69, 9.17) is 25.8 Å². The zero-order valence-corrected chi connectivity index (χ0v) is 31.4. The van der Waals surface area contributed by atoms with Crippen molar-refractivity contribution in [2.45, 2.75) is 59.1 Å². The van der Waals surface area contributed by atoms with Crippen molar-refractivity contribution in [2.24, 2.45) is 0 Å². The van der Waals surface area contributed by atoms with Crippen LogP contribution in [0.15, 0.2) is 78.7 Å². The number of nitriles is 1. The van der Waals surface area contributed by atoms with E-state index in [1.165, 1.54) is 6.20 Å². The molecular weight excluding hydrogens is 694 g/mol. The van der Waals surface area contributed by atoms with Gasteiger partial charge >= 0.3 is 0 Å². The molecule has 1 atom stereocenters. The molecule has 52 heavy (non-hydrogen) atoms. The van der Waals surface area contributed by atoms with Gasteiger partial charge in [0.2, 0.25) is 0 Å². The number of ether oxygens (including phenoxy) is 3. The summed E-state index contributed by atoms with van der Waals surface area (Å²) in [6, 6.07) is 20.1. The zero-order chi connectivity index (χ0) is 36.5. The van der Waals surface area contributed by atoms with Crippen LogP contribution in [0, 0.1) is 25.2 Å². The number of hydrogen-bond acceptors (Lipinski definition) is 10. The fourth-order valence-corrected chi connectivity index (χ4v) is 7.42. The number of nitrogens with zero attached hydrogens (tertiary/aromatic N) is 5. The summed E-state index contributed by atoms with van der Waals surface area (Å²) in [6.45, 7) is 9.36. The van der Waals surface area contributed by atoms with Crippen LogP contribution in [0.5, 0.6) is 17.2 Å². The molecule has 1 unspecified atom stereocenters. The van der Waals surface area contributed by atoms with Crippen molar-refractivity contribution in [3.8, 4) is 34.4 Å². The Morgan fingerprint density at radius 2 is 1.73 bits per heavy atom. The Morgan fingerprint density at radius 3 is 2.50 bits per heavy atom. The number of halogens is 1. The van der Waals surface area contributed by atoms with E-state index < -0.39 is 0 Å². The van der Waals surface area contributed by atoms with Gasteiger partial charge in [0.1, 0.15) is 36.5 Å². The molecule has 270 valence electrons. The second-order valence-corrected chi connectivity index (χ2v) is 14.6. The van der Waals surface area contributed by atoms with Crippen LogP contribution in [0.4, 0.5) is 0 Å². The molecular formula is C41H44ClN5O4S. The number of aliphatic hydroxyl groups excluding tert-OH is 1. The molecule has 3 heterocycles. The van der Waals surface area contributed by atoms with Crippen LogP contribution in [0.1, 0.15) is 51.1 Å². The van der Waals surface area contributed by atoms with Gasteiger partial charge in [0, 0.05) is 73.4 Å². The molecule has 1 aliphatic heterocycles. The molecule has 6 rings (SSSR count). The lowest BCUT2D eigenvalue weighted by Crippen LogP contribution is -2.24. The van der Waals surface area contributed by atoms with Crippen molar-refractivity contribution in [3.63, 3.8) is 0 Å². The molecule has 0 radical (unpaired) electrons. The van der Waals surface area contributed by atoms with Gasteiger partial charge in [-0.3, -0.25) is 14.9 Å². The van der Waals surface area contributed by atoms with Crippen molar-refractivity contribution in [2.75, 3.05) is 33.3 Å².